The van der Waals surface area contributed by atoms with Gasteiger partial charge in [0.2, 0.25) is 0 Å². The second-order valence-corrected chi connectivity index (χ2v) is 5.20. The molecule has 2 aromatic rings. The van der Waals surface area contributed by atoms with Gasteiger partial charge in [-0.25, -0.2) is 0 Å². The fourth-order valence-electron chi connectivity index (χ4n) is 2.55. The predicted octanol–water partition coefficient (Wildman–Crippen LogP) is 3.46. The van der Waals surface area contributed by atoms with Crippen molar-refractivity contribution in [3.63, 3.8) is 0 Å². The summed E-state index contributed by atoms with van der Waals surface area (Å²) in [6.45, 7) is 7.70. The number of aryl methyl sites for hydroxylation is 2. The summed E-state index contributed by atoms with van der Waals surface area (Å²) < 4.78 is 7.85. The first kappa shape index (κ1) is 15.6. The average Bonchev–Trinajstić information content (AvgIpc) is 2.88. The Labute approximate surface area is 127 Å². The summed E-state index contributed by atoms with van der Waals surface area (Å²) in [6.07, 6.45) is 1.08. The van der Waals surface area contributed by atoms with Crippen LogP contribution in [0, 0.1) is 6.92 Å². The van der Waals surface area contributed by atoms with Gasteiger partial charge in [-0.1, -0.05) is 19.1 Å². The van der Waals surface area contributed by atoms with E-state index in [4.69, 9.17) is 4.74 Å². The van der Waals surface area contributed by atoms with Gasteiger partial charge in [0.1, 0.15) is 12.4 Å². The average molecular weight is 287 g/mol. The van der Waals surface area contributed by atoms with E-state index in [1.165, 1.54) is 5.56 Å². The van der Waals surface area contributed by atoms with E-state index in [-0.39, 0.29) is 0 Å². The monoisotopic (exact) mass is 287 g/mol. The number of hydrogen-bond acceptors (Lipinski definition) is 3. The van der Waals surface area contributed by atoms with Crippen molar-refractivity contribution < 1.29 is 4.74 Å². The van der Waals surface area contributed by atoms with E-state index in [2.05, 4.69) is 42.5 Å². The second kappa shape index (κ2) is 7.27. The Morgan fingerprint density at radius 2 is 1.95 bits per heavy atom. The first-order valence-electron chi connectivity index (χ1n) is 7.61. The lowest BCUT2D eigenvalue weighted by Gasteiger charge is -2.15. The molecule has 2 rings (SSSR count). The van der Waals surface area contributed by atoms with Crippen molar-refractivity contribution in [1.82, 2.24) is 15.1 Å². The SMILES string of the molecule is CCC(NC)c1ccc(OCc2cc(C)nn2CC)cc1. The van der Waals surface area contributed by atoms with Gasteiger partial charge in [-0.3, -0.25) is 4.68 Å². The number of hydrogen-bond donors (Lipinski definition) is 1. The van der Waals surface area contributed by atoms with Gasteiger partial charge >= 0.3 is 0 Å². The van der Waals surface area contributed by atoms with E-state index < -0.39 is 0 Å². The number of ether oxygens (including phenoxy) is 1. The molecule has 0 aliphatic rings. The van der Waals surface area contributed by atoms with Crippen molar-refractivity contribution in [2.75, 3.05) is 7.05 Å². The predicted molar refractivity (Wildman–Crippen MR) is 85.5 cm³/mol. The van der Waals surface area contributed by atoms with Gasteiger partial charge in [-0.2, -0.15) is 5.10 Å². The molecule has 1 N–H and O–H groups in total. The van der Waals surface area contributed by atoms with Crippen molar-refractivity contribution in [2.45, 2.75) is 46.4 Å². The zero-order valence-electron chi connectivity index (χ0n) is 13.4. The van der Waals surface area contributed by atoms with Gasteiger partial charge in [-0.05, 0) is 51.1 Å². The van der Waals surface area contributed by atoms with Gasteiger partial charge in [-0.15, -0.1) is 0 Å². The van der Waals surface area contributed by atoms with Crippen molar-refractivity contribution in [2.24, 2.45) is 0 Å². The number of aromatic nitrogens is 2. The molecular weight excluding hydrogens is 262 g/mol. The van der Waals surface area contributed by atoms with Gasteiger partial charge in [0, 0.05) is 12.6 Å². The third-order valence-electron chi connectivity index (χ3n) is 3.71. The summed E-state index contributed by atoms with van der Waals surface area (Å²) >= 11 is 0. The molecule has 0 saturated heterocycles. The van der Waals surface area contributed by atoms with Crippen LogP contribution in [0.4, 0.5) is 0 Å². The summed E-state index contributed by atoms with van der Waals surface area (Å²) in [5, 5.41) is 7.74. The van der Waals surface area contributed by atoms with Gasteiger partial charge in [0.05, 0.1) is 11.4 Å². The summed E-state index contributed by atoms with van der Waals surface area (Å²) in [4.78, 5) is 0. The van der Waals surface area contributed by atoms with Crippen LogP contribution in [0.3, 0.4) is 0 Å². The molecule has 0 bridgehead atoms. The smallest absolute Gasteiger partial charge is 0.130 e. The van der Waals surface area contributed by atoms with Gasteiger partial charge in [0.15, 0.2) is 0 Å². The van der Waals surface area contributed by atoms with Crippen LogP contribution < -0.4 is 10.1 Å². The Kier molecular flexibility index (Phi) is 5.39. The highest BCUT2D eigenvalue weighted by Crippen LogP contribution is 2.20. The van der Waals surface area contributed by atoms with Crippen LogP contribution in [0.2, 0.25) is 0 Å². The van der Waals surface area contributed by atoms with Gasteiger partial charge in [0.25, 0.3) is 0 Å². The van der Waals surface area contributed by atoms with E-state index in [9.17, 15) is 0 Å². The highest BCUT2D eigenvalue weighted by molar-refractivity contribution is 5.29. The molecular formula is C17H25N3O. The molecule has 1 unspecified atom stereocenters. The molecule has 0 spiro atoms. The lowest BCUT2D eigenvalue weighted by atomic mass is 10.1. The highest BCUT2D eigenvalue weighted by Gasteiger charge is 2.07. The molecule has 0 radical (unpaired) electrons. The molecule has 0 aliphatic carbocycles. The molecule has 0 aliphatic heterocycles. The molecule has 0 amide bonds. The fraction of sp³-hybridized carbons (Fsp3) is 0.471. The standard InChI is InChI=1S/C17H25N3O/c1-5-17(18-4)14-7-9-16(10-8-14)21-12-15-11-13(3)19-20(15)6-2/h7-11,17-18H,5-6,12H2,1-4H3. The Bertz CT molecular complexity index is 556. The minimum absolute atomic E-state index is 0.406. The van der Waals surface area contributed by atoms with Crippen LogP contribution >= 0.6 is 0 Å². The van der Waals surface area contributed by atoms with E-state index in [1.807, 2.05) is 30.8 Å². The molecule has 1 aromatic carbocycles. The number of rotatable bonds is 7. The summed E-state index contributed by atoms with van der Waals surface area (Å²) in [5.41, 5.74) is 3.44. The summed E-state index contributed by atoms with van der Waals surface area (Å²) in [6, 6.07) is 10.8. The van der Waals surface area contributed by atoms with Crippen molar-refractivity contribution in [3.8, 4) is 5.75 Å². The largest absolute Gasteiger partial charge is 0.487 e. The van der Waals surface area contributed by atoms with Crippen LogP contribution in [-0.4, -0.2) is 16.8 Å². The van der Waals surface area contributed by atoms with Crippen LogP contribution in [0.25, 0.3) is 0 Å². The molecule has 0 saturated carbocycles. The van der Waals surface area contributed by atoms with E-state index in [0.717, 1.165) is 30.1 Å². The topological polar surface area (TPSA) is 39.1 Å². The molecule has 1 heterocycles. The number of benzene rings is 1. The number of nitrogens with zero attached hydrogens (tertiary/aromatic N) is 2. The van der Waals surface area contributed by atoms with Crippen LogP contribution in [0.1, 0.15) is 43.3 Å². The van der Waals surface area contributed by atoms with Crippen LogP contribution in [0.5, 0.6) is 5.75 Å². The summed E-state index contributed by atoms with van der Waals surface area (Å²) in [5.74, 6) is 0.895. The summed E-state index contributed by atoms with van der Waals surface area (Å²) in [7, 11) is 1.99. The molecule has 4 heteroatoms. The fourth-order valence-corrected chi connectivity index (χ4v) is 2.55. The van der Waals surface area contributed by atoms with Crippen molar-refractivity contribution in [1.29, 1.82) is 0 Å². The molecule has 1 atom stereocenters. The first-order valence-corrected chi connectivity index (χ1v) is 7.61. The maximum absolute atomic E-state index is 5.87. The Morgan fingerprint density at radius 3 is 2.52 bits per heavy atom. The molecule has 21 heavy (non-hydrogen) atoms. The van der Waals surface area contributed by atoms with Crippen LogP contribution in [0.15, 0.2) is 30.3 Å². The molecule has 0 fully saturated rings. The Morgan fingerprint density at radius 1 is 1.24 bits per heavy atom. The quantitative estimate of drug-likeness (QED) is 0.847. The Balaban J connectivity index is 2.00. The zero-order valence-corrected chi connectivity index (χ0v) is 13.4. The van der Waals surface area contributed by atoms with Crippen molar-refractivity contribution in [3.05, 3.63) is 47.3 Å². The van der Waals surface area contributed by atoms with Crippen LogP contribution in [-0.2, 0) is 13.2 Å². The van der Waals surface area contributed by atoms with E-state index in [0.29, 0.717) is 12.6 Å². The molecule has 1 aromatic heterocycles. The maximum Gasteiger partial charge on any atom is 0.130 e. The third-order valence-corrected chi connectivity index (χ3v) is 3.71. The zero-order chi connectivity index (χ0) is 15.2. The van der Waals surface area contributed by atoms with Gasteiger partial charge < -0.3 is 10.1 Å². The maximum atomic E-state index is 5.87. The van der Waals surface area contributed by atoms with E-state index >= 15 is 0 Å². The normalized spacial score (nSPS) is 12.4. The molecule has 114 valence electrons. The van der Waals surface area contributed by atoms with Crippen molar-refractivity contribution >= 4 is 0 Å². The van der Waals surface area contributed by atoms with E-state index in [1.54, 1.807) is 0 Å². The lowest BCUT2D eigenvalue weighted by molar-refractivity contribution is 0.292. The lowest BCUT2D eigenvalue weighted by Crippen LogP contribution is -2.14. The minimum atomic E-state index is 0.406. The second-order valence-electron chi connectivity index (χ2n) is 5.20. The Hall–Kier alpha value is -1.81. The highest BCUT2D eigenvalue weighted by atomic mass is 16.5. The minimum Gasteiger partial charge on any atom is -0.487 e. The first-order chi connectivity index (χ1) is 10.2. The number of nitrogens with one attached hydrogen (secondary N) is 1. The third kappa shape index (κ3) is 3.85. The molecule has 4 nitrogen and oxygen atoms in total.